The summed E-state index contributed by atoms with van der Waals surface area (Å²) in [5, 5.41) is 10.8. The molecule has 1 heterocycles. The number of nitrogens with one attached hydrogen (secondary N) is 1. The minimum Gasteiger partial charge on any atom is -0.469 e. The molecule has 9 heteroatoms. The highest BCUT2D eigenvalue weighted by Crippen LogP contribution is 2.15. The molecule has 0 unspecified atom stereocenters. The molecule has 0 atom stereocenters. The number of aromatic nitrogens is 3. The molecule has 3 N–H and O–H groups in total. The highest BCUT2D eigenvalue weighted by atomic mass is 32.2. The summed E-state index contributed by atoms with van der Waals surface area (Å²) in [6.45, 7) is 0.440. The molecule has 0 aliphatic rings. The molecule has 0 radical (unpaired) electrons. The van der Waals surface area contributed by atoms with Gasteiger partial charge in [0.25, 0.3) is 0 Å². The number of ether oxygens (including phenoxy) is 1. The number of nitrogen functional groups attached to an aromatic ring is 1. The van der Waals surface area contributed by atoms with E-state index in [4.69, 9.17) is 5.73 Å². The lowest BCUT2D eigenvalue weighted by atomic mass is 10.3. The zero-order chi connectivity index (χ0) is 14.3. The highest BCUT2D eigenvalue weighted by molar-refractivity contribution is 7.99. The Balaban J connectivity index is 2.18. The molecular weight excluding hydrogens is 270 g/mol. The summed E-state index contributed by atoms with van der Waals surface area (Å²) in [6.07, 6.45) is 0.851. The van der Waals surface area contributed by atoms with Crippen LogP contribution in [0.2, 0.25) is 0 Å². The summed E-state index contributed by atoms with van der Waals surface area (Å²) in [7, 11) is 3.07. The number of thioether (sulfide) groups is 1. The van der Waals surface area contributed by atoms with Crippen LogP contribution in [-0.2, 0) is 21.4 Å². The molecule has 1 aromatic heterocycles. The summed E-state index contributed by atoms with van der Waals surface area (Å²) >= 11 is 1.25. The number of rotatable bonds is 7. The number of nitrogens with zero attached hydrogens (tertiary/aromatic N) is 3. The molecule has 1 rings (SSSR count). The van der Waals surface area contributed by atoms with Crippen molar-refractivity contribution < 1.29 is 14.3 Å². The first-order valence-electron chi connectivity index (χ1n) is 5.65. The Morgan fingerprint density at radius 1 is 1.47 bits per heavy atom. The van der Waals surface area contributed by atoms with Gasteiger partial charge in [0.05, 0.1) is 12.9 Å². The van der Waals surface area contributed by atoms with Crippen LogP contribution in [0.5, 0.6) is 0 Å². The SMILES string of the molecule is COC(=O)CCCNC(=O)CSc1nnc(N)n1C. The number of nitrogens with two attached hydrogens (primary N) is 1. The Labute approximate surface area is 115 Å². The number of carbonyl (C=O) groups is 2. The van der Waals surface area contributed by atoms with Crippen molar-refractivity contribution in [3.05, 3.63) is 0 Å². The van der Waals surface area contributed by atoms with Crippen molar-refractivity contribution in [1.82, 2.24) is 20.1 Å². The van der Waals surface area contributed by atoms with Crippen molar-refractivity contribution in [1.29, 1.82) is 0 Å². The van der Waals surface area contributed by atoms with Crippen LogP contribution >= 0.6 is 11.8 Å². The second kappa shape index (κ2) is 7.62. The van der Waals surface area contributed by atoms with E-state index < -0.39 is 0 Å². The van der Waals surface area contributed by atoms with E-state index in [-0.39, 0.29) is 17.6 Å². The van der Waals surface area contributed by atoms with Gasteiger partial charge in [-0.15, -0.1) is 10.2 Å². The summed E-state index contributed by atoms with van der Waals surface area (Å²) in [5.41, 5.74) is 5.52. The summed E-state index contributed by atoms with van der Waals surface area (Å²) < 4.78 is 6.10. The van der Waals surface area contributed by atoms with Crippen molar-refractivity contribution in [2.45, 2.75) is 18.0 Å². The van der Waals surface area contributed by atoms with E-state index in [0.717, 1.165) is 0 Å². The average Bonchev–Trinajstić information content (AvgIpc) is 2.72. The van der Waals surface area contributed by atoms with E-state index in [1.54, 1.807) is 11.6 Å². The number of anilines is 1. The number of amides is 1. The normalized spacial score (nSPS) is 10.2. The van der Waals surface area contributed by atoms with Gasteiger partial charge in [-0.05, 0) is 6.42 Å². The Kier molecular flexibility index (Phi) is 6.13. The van der Waals surface area contributed by atoms with Gasteiger partial charge in [0.1, 0.15) is 0 Å². The predicted octanol–water partition coefficient (Wildman–Crippen LogP) is -0.441. The molecule has 0 spiro atoms. The molecule has 19 heavy (non-hydrogen) atoms. The smallest absolute Gasteiger partial charge is 0.305 e. The van der Waals surface area contributed by atoms with E-state index in [9.17, 15) is 9.59 Å². The van der Waals surface area contributed by atoms with Crippen LogP contribution in [0.4, 0.5) is 5.95 Å². The van der Waals surface area contributed by atoms with Crippen LogP contribution in [0.3, 0.4) is 0 Å². The third kappa shape index (κ3) is 5.16. The number of hydrogen-bond acceptors (Lipinski definition) is 7. The van der Waals surface area contributed by atoms with Crippen LogP contribution in [0.1, 0.15) is 12.8 Å². The van der Waals surface area contributed by atoms with Gasteiger partial charge < -0.3 is 15.8 Å². The molecule has 0 aromatic carbocycles. The van der Waals surface area contributed by atoms with Crippen LogP contribution in [0.25, 0.3) is 0 Å². The first-order valence-corrected chi connectivity index (χ1v) is 6.64. The van der Waals surface area contributed by atoms with E-state index in [1.807, 2.05) is 0 Å². The maximum absolute atomic E-state index is 11.5. The fourth-order valence-corrected chi connectivity index (χ4v) is 1.94. The molecule has 1 aromatic rings. The molecule has 8 nitrogen and oxygen atoms in total. The number of carbonyl (C=O) groups excluding carboxylic acids is 2. The van der Waals surface area contributed by atoms with E-state index >= 15 is 0 Å². The lowest BCUT2D eigenvalue weighted by Crippen LogP contribution is -2.26. The maximum Gasteiger partial charge on any atom is 0.305 e. The minimum absolute atomic E-state index is 0.128. The quantitative estimate of drug-likeness (QED) is 0.397. The standard InChI is InChI=1S/C10H17N5O3S/c1-15-9(11)13-14-10(15)19-6-7(16)12-5-3-4-8(17)18-2/h3-6H2,1-2H3,(H2,11,13)(H,12,16). The van der Waals surface area contributed by atoms with Gasteiger partial charge in [0.15, 0.2) is 5.16 Å². The molecule has 0 fully saturated rings. The average molecular weight is 287 g/mol. The molecule has 0 saturated heterocycles. The monoisotopic (exact) mass is 287 g/mol. The summed E-state index contributed by atoms with van der Waals surface area (Å²) in [4.78, 5) is 22.4. The molecule has 0 aliphatic carbocycles. The van der Waals surface area contributed by atoms with E-state index in [0.29, 0.717) is 30.5 Å². The predicted molar refractivity (Wildman–Crippen MR) is 70.4 cm³/mol. The lowest BCUT2D eigenvalue weighted by Gasteiger charge is -2.04. The van der Waals surface area contributed by atoms with Crippen molar-refractivity contribution in [2.75, 3.05) is 25.1 Å². The summed E-state index contributed by atoms with van der Waals surface area (Å²) in [6, 6.07) is 0. The lowest BCUT2D eigenvalue weighted by molar-refractivity contribution is -0.140. The second-order valence-corrected chi connectivity index (χ2v) is 4.66. The van der Waals surface area contributed by atoms with Gasteiger partial charge in [0, 0.05) is 20.0 Å². The molecule has 0 saturated carbocycles. The Morgan fingerprint density at radius 3 is 2.79 bits per heavy atom. The number of esters is 1. The van der Waals surface area contributed by atoms with Crippen molar-refractivity contribution in [3.63, 3.8) is 0 Å². The van der Waals surface area contributed by atoms with Gasteiger partial charge in [-0.2, -0.15) is 0 Å². The first-order chi connectivity index (χ1) is 9.04. The zero-order valence-corrected chi connectivity index (χ0v) is 11.7. The van der Waals surface area contributed by atoms with Crippen LogP contribution in [0, 0.1) is 0 Å². The first kappa shape index (κ1) is 15.3. The topological polar surface area (TPSA) is 112 Å². The molecule has 1 amide bonds. The fourth-order valence-electron chi connectivity index (χ4n) is 1.20. The highest BCUT2D eigenvalue weighted by Gasteiger charge is 2.09. The van der Waals surface area contributed by atoms with E-state index in [1.165, 1.54) is 18.9 Å². The zero-order valence-electron chi connectivity index (χ0n) is 10.9. The summed E-state index contributed by atoms with van der Waals surface area (Å²) in [5.74, 6) is 0.125. The van der Waals surface area contributed by atoms with Crippen molar-refractivity contribution in [3.8, 4) is 0 Å². The van der Waals surface area contributed by atoms with Gasteiger partial charge in [-0.3, -0.25) is 14.2 Å². The Bertz CT molecular complexity index is 448. The Morgan fingerprint density at radius 2 is 2.21 bits per heavy atom. The largest absolute Gasteiger partial charge is 0.469 e. The third-order valence-electron chi connectivity index (χ3n) is 2.31. The third-order valence-corrected chi connectivity index (χ3v) is 3.33. The second-order valence-electron chi connectivity index (χ2n) is 3.72. The number of methoxy groups -OCH3 is 1. The van der Waals surface area contributed by atoms with Crippen LogP contribution in [0.15, 0.2) is 5.16 Å². The van der Waals surface area contributed by atoms with Crippen molar-refractivity contribution in [2.24, 2.45) is 7.05 Å². The maximum atomic E-state index is 11.5. The van der Waals surface area contributed by atoms with Gasteiger partial charge in [0.2, 0.25) is 11.9 Å². The molecule has 0 bridgehead atoms. The molecule has 0 aliphatic heterocycles. The van der Waals surface area contributed by atoms with Gasteiger partial charge >= 0.3 is 5.97 Å². The number of hydrogen-bond donors (Lipinski definition) is 2. The fraction of sp³-hybridized carbons (Fsp3) is 0.600. The Hall–Kier alpha value is -1.77. The van der Waals surface area contributed by atoms with Crippen LogP contribution < -0.4 is 11.1 Å². The van der Waals surface area contributed by atoms with Crippen molar-refractivity contribution >= 4 is 29.6 Å². The van der Waals surface area contributed by atoms with Gasteiger partial charge in [-0.1, -0.05) is 11.8 Å². The minimum atomic E-state index is -0.279. The van der Waals surface area contributed by atoms with Gasteiger partial charge in [-0.25, -0.2) is 0 Å². The van der Waals surface area contributed by atoms with Crippen LogP contribution in [-0.4, -0.2) is 46.0 Å². The van der Waals surface area contributed by atoms with E-state index in [2.05, 4.69) is 20.3 Å². The molecular formula is C10H17N5O3S. The molecule has 106 valence electrons.